The van der Waals surface area contributed by atoms with Crippen molar-refractivity contribution in [3.63, 3.8) is 0 Å². The molecule has 1 N–H and O–H groups in total. The summed E-state index contributed by atoms with van der Waals surface area (Å²) in [7, 11) is 0. The Morgan fingerprint density at radius 1 is 1.03 bits per heavy atom. The van der Waals surface area contributed by atoms with Crippen LogP contribution in [0.2, 0.25) is 5.02 Å². The van der Waals surface area contributed by atoms with Crippen LogP contribution in [0, 0.1) is 20.8 Å². The maximum Gasteiger partial charge on any atom is 0.120 e. The number of ether oxygens (including phenoxy) is 2. The SMILES string of the molecule is Cc1cc(OCC2(O)CCN(Cc3cccc(OCCn4ccnc4C)c3)CC2)cc(C)c1Cl. The summed E-state index contributed by atoms with van der Waals surface area (Å²) in [5, 5.41) is 11.8. The Kier molecular flexibility index (Phi) is 7.81. The van der Waals surface area contributed by atoms with Crippen LogP contribution in [0.5, 0.6) is 11.5 Å². The van der Waals surface area contributed by atoms with Gasteiger partial charge in [-0.15, -0.1) is 0 Å². The van der Waals surface area contributed by atoms with E-state index < -0.39 is 5.60 Å². The number of rotatable bonds is 9. The summed E-state index contributed by atoms with van der Waals surface area (Å²) in [6, 6.07) is 12.1. The highest BCUT2D eigenvalue weighted by atomic mass is 35.5. The number of likely N-dealkylation sites (tertiary alicyclic amines) is 1. The molecule has 2 aromatic carbocycles. The fourth-order valence-electron chi connectivity index (χ4n) is 4.37. The van der Waals surface area contributed by atoms with Crippen molar-refractivity contribution in [2.45, 2.75) is 52.3 Å². The van der Waals surface area contributed by atoms with Crippen molar-refractivity contribution < 1.29 is 14.6 Å². The zero-order valence-electron chi connectivity index (χ0n) is 20.3. The van der Waals surface area contributed by atoms with E-state index in [1.807, 2.05) is 51.2 Å². The highest BCUT2D eigenvalue weighted by Gasteiger charge is 2.33. The number of imidazole rings is 1. The Bertz CT molecular complexity index is 1080. The van der Waals surface area contributed by atoms with E-state index in [9.17, 15) is 5.11 Å². The maximum absolute atomic E-state index is 11.0. The zero-order chi connectivity index (χ0) is 24.1. The van der Waals surface area contributed by atoms with Crippen molar-refractivity contribution in [2.24, 2.45) is 0 Å². The van der Waals surface area contributed by atoms with Gasteiger partial charge in [0.15, 0.2) is 0 Å². The van der Waals surface area contributed by atoms with Crippen molar-refractivity contribution in [1.29, 1.82) is 0 Å². The molecular formula is C27H34ClN3O3. The second kappa shape index (κ2) is 10.8. The Hall–Kier alpha value is -2.54. The third kappa shape index (κ3) is 6.32. The standard InChI is InChI=1S/C27H34ClN3O3/c1-20-15-25(16-21(2)26(20)28)34-19-27(32)7-10-30(11-8-27)18-23-5-4-6-24(17-23)33-14-13-31-12-9-29-22(31)3/h4-6,9,12,15-17,32H,7-8,10-11,13-14,18-19H2,1-3H3. The number of hydrogen-bond acceptors (Lipinski definition) is 5. The second-order valence-electron chi connectivity index (χ2n) is 9.32. The molecule has 3 aromatic rings. The number of nitrogens with zero attached hydrogens (tertiary/aromatic N) is 3. The molecule has 0 amide bonds. The van der Waals surface area contributed by atoms with Crippen LogP contribution in [0.25, 0.3) is 0 Å². The minimum Gasteiger partial charge on any atom is -0.492 e. The third-order valence-corrected chi connectivity index (χ3v) is 7.13. The highest BCUT2D eigenvalue weighted by Crippen LogP contribution is 2.29. The molecular weight excluding hydrogens is 450 g/mol. The van der Waals surface area contributed by atoms with Gasteiger partial charge in [0.05, 0.1) is 6.54 Å². The summed E-state index contributed by atoms with van der Waals surface area (Å²) in [5.74, 6) is 2.63. The van der Waals surface area contributed by atoms with Gasteiger partial charge in [-0.3, -0.25) is 4.90 Å². The molecule has 0 bridgehead atoms. The van der Waals surface area contributed by atoms with Gasteiger partial charge in [-0.2, -0.15) is 0 Å². The van der Waals surface area contributed by atoms with E-state index >= 15 is 0 Å². The molecule has 182 valence electrons. The van der Waals surface area contributed by atoms with Gasteiger partial charge in [0.2, 0.25) is 0 Å². The topological polar surface area (TPSA) is 59.8 Å². The van der Waals surface area contributed by atoms with E-state index in [0.29, 0.717) is 26.1 Å². The lowest BCUT2D eigenvalue weighted by atomic mass is 9.92. The molecule has 2 heterocycles. The minimum absolute atomic E-state index is 0.293. The van der Waals surface area contributed by atoms with Crippen molar-refractivity contribution >= 4 is 11.6 Å². The average Bonchev–Trinajstić information content (AvgIpc) is 3.23. The maximum atomic E-state index is 11.0. The lowest BCUT2D eigenvalue weighted by Gasteiger charge is -2.38. The first kappa shape index (κ1) is 24.6. The van der Waals surface area contributed by atoms with Crippen LogP contribution in [0.4, 0.5) is 0 Å². The minimum atomic E-state index is -0.811. The molecule has 1 saturated heterocycles. The van der Waals surface area contributed by atoms with Gasteiger partial charge in [-0.1, -0.05) is 23.7 Å². The van der Waals surface area contributed by atoms with E-state index in [4.69, 9.17) is 21.1 Å². The summed E-state index contributed by atoms with van der Waals surface area (Å²) in [6.07, 6.45) is 5.13. The van der Waals surface area contributed by atoms with Crippen LogP contribution in [0.1, 0.15) is 35.4 Å². The molecule has 0 spiro atoms. The van der Waals surface area contributed by atoms with Gasteiger partial charge >= 0.3 is 0 Å². The molecule has 0 saturated carbocycles. The largest absolute Gasteiger partial charge is 0.492 e. The van der Waals surface area contributed by atoms with Crippen LogP contribution < -0.4 is 9.47 Å². The molecule has 0 aliphatic carbocycles. The summed E-state index contributed by atoms with van der Waals surface area (Å²) in [5.41, 5.74) is 2.38. The zero-order valence-corrected chi connectivity index (χ0v) is 21.0. The molecule has 1 aromatic heterocycles. The summed E-state index contributed by atoms with van der Waals surface area (Å²) in [6.45, 7) is 10.1. The molecule has 7 heteroatoms. The molecule has 0 unspecified atom stereocenters. The highest BCUT2D eigenvalue weighted by molar-refractivity contribution is 6.32. The number of aryl methyl sites for hydroxylation is 3. The van der Waals surface area contributed by atoms with Gasteiger partial charge < -0.3 is 19.1 Å². The summed E-state index contributed by atoms with van der Waals surface area (Å²) < 4.78 is 14.0. The van der Waals surface area contributed by atoms with E-state index in [1.54, 1.807) is 6.20 Å². The first-order valence-corrected chi connectivity index (χ1v) is 12.2. The summed E-state index contributed by atoms with van der Waals surface area (Å²) >= 11 is 6.25. The number of aliphatic hydroxyl groups is 1. The first-order valence-electron chi connectivity index (χ1n) is 11.9. The molecule has 1 fully saturated rings. The smallest absolute Gasteiger partial charge is 0.120 e. The number of hydrogen-bond donors (Lipinski definition) is 1. The Morgan fingerprint density at radius 2 is 1.76 bits per heavy atom. The van der Waals surface area contributed by atoms with Crippen molar-refractivity contribution in [1.82, 2.24) is 14.5 Å². The number of aromatic nitrogens is 2. The Labute approximate surface area is 207 Å². The predicted octanol–water partition coefficient (Wildman–Crippen LogP) is 4.95. The molecule has 6 nitrogen and oxygen atoms in total. The summed E-state index contributed by atoms with van der Waals surface area (Å²) in [4.78, 5) is 6.61. The van der Waals surface area contributed by atoms with Crippen LogP contribution in [-0.4, -0.2) is 51.5 Å². The molecule has 34 heavy (non-hydrogen) atoms. The third-order valence-electron chi connectivity index (χ3n) is 6.53. The van der Waals surface area contributed by atoms with Crippen molar-refractivity contribution in [2.75, 3.05) is 26.3 Å². The van der Waals surface area contributed by atoms with Gasteiger partial charge in [-0.05, 0) is 74.6 Å². The van der Waals surface area contributed by atoms with Gasteiger partial charge in [-0.25, -0.2) is 4.98 Å². The molecule has 0 atom stereocenters. The first-order chi connectivity index (χ1) is 16.3. The van der Waals surface area contributed by atoms with Crippen LogP contribution in [0.15, 0.2) is 48.8 Å². The fraction of sp³-hybridized carbons (Fsp3) is 0.444. The van der Waals surface area contributed by atoms with E-state index in [0.717, 1.165) is 59.7 Å². The second-order valence-corrected chi connectivity index (χ2v) is 9.70. The molecule has 1 aliphatic heterocycles. The van der Waals surface area contributed by atoms with Crippen LogP contribution >= 0.6 is 11.6 Å². The van der Waals surface area contributed by atoms with E-state index in [2.05, 4.69) is 26.6 Å². The van der Waals surface area contributed by atoms with E-state index in [1.165, 1.54) is 5.56 Å². The monoisotopic (exact) mass is 483 g/mol. The van der Waals surface area contributed by atoms with Crippen molar-refractivity contribution in [3.8, 4) is 11.5 Å². The van der Waals surface area contributed by atoms with Crippen molar-refractivity contribution in [3.05, 3.63) is 76.3 Å². The van der Waals surface area contributed by atoms with E-state index in [-0.39, 0.29) is 0 Å². The number of piperidine rings is 1. The Morgan fingerprint density at radius 3 is 2.44 bits per heavy atom. The van der Waals surface area contributed by atoms with Crippen LogP contribution in [0.3, 0.4) is 0 Å². The van der Waals surface area contributed by atoms with Gasteiger partial charge in [0.25, 0.3) is 0 Å². The van der Waals surface area contributed by atoms with Gasteiger partial charge in [0, 0.05) is 37.1 Å². The molecule has 1 aliphatic rings. The quantitative estimate of drug-likeness (QED) is 0.466. The number of halogens is 1. The predicted molar refractivity (Wildman–Crippen MR) is 135 cm³/mol. The normalized spacial score (nSPS) is 15.9. The fourth-order valence-corrected chi connectivity index (χ4v) is 4.48. The molecule has 0 radical (unpaired) electrons. The lowest BCUT2D eigenvalue weighted by molar-refractivity contribution is -0.0537. The van der Waals surface area contributed by atoms with Gasteiger partial charge in [0.1, 0.15) is 36.1 Å². The Balaban J connectivity index is 1.24. The lowest BCUT2D eigenvalue weighted by Crippen LogP contribution is -2.47. The number of benzene rings is 2. The molecule has 4 rings (SSSR count). The van der Waals surface area contributed by atoms with Crippen LogP contribution in [-0.2, 0) is 13.1 Å². The average molecular weight is 484 g/mol.